The highest BCUT2D eigenvalue weighted by atomic mass is 15.3. The normalized spacial score (nSPS) is 16.1. The summed E-state index contributed by atoms with van der Waals surface area (Å²) in [6.45, 7) is 5.84. The van der Waals surface area contributed by atoms with Crippen LogP contribution < -0.4 is 10.2 Å². The van der Waals surface area contributed by atoms with Crippen molar-refractivity contribution in [3.8, 4) is 0 Å². The fraction of sp³-hybridized carbons (Fsp3) is 0.357. The van der Waals surface area contributed by atoms with Crippen molar-refractivity contribution >= 4 is 22.5 Å². The van der Waals surface area contributed by atoms with Crippen LogP contribution in [0.5, 0.6) is 0 Å². The number of aryl methyl sites for hydroxylation is 1. The molecular formula is C14H16N6. The molecule has 1 fully saturated rings. The first-order valence-corrected chi connectivity index (χ1v) is 6.91. The number of piperazine rings is 1. The third-order valence-corrected chi connectivity index (χ3v) is 3.79. The minimum Gasteiger partial charge on any atom is -0.351 e. The van der Waals surface area contributed by atoms with Crippen molar-refractivity contribution in [1.29, 1.82) is 0 Å². The maximum absolute atomic E-state index is 4.82. The Balaban J connectivity index is 2.03. The molecule has 2 aromatic heterocycles. The molecule has 102 valence electrons. The van der Waals surface area contributed by atoms with Gasteiger partial charge in [0.2, 0.25) is 5.65 Å². The average Bonchev–Trinajstić information content (AvgIpc) is 2.90. The van der Waals surface area contributed by atoms with E-state index >= 15 is 0 Å². The van der Waals surface area contributed by atoms with Crippen LogP contribution >= 0.6 is 0 Å². The molecule has 0 amide bonds. The summed E-state index contributed by atoms with van der Waals surface area (Å²) in [7, 11) is 0. The molecule has 3 heterocycles. The molecule has 1 aliphatic heterocycles. The molecule has 0 unspecified atom stereocenters. The van der Waals surface area contributed by atoms with Crippen LogP contribution in [0.1, 0.15) is 5.82 Å². The lowest BCUT2D eigenvalue weighted by atomic mass is 10.3. The number of fused-ring (bicyclic) bond motifs is 3. The number of benzene rings is 1. The predicted octanol–water partition coefficient (Wildman–Crippen LogP) is 0.996. The Bertz CT molecular complexity index is 772. The predicted molar refractivity (Wildman–Crippen MR) is 78.1 cm³/mol. The van der Waals surface area contributed by atoms with Gasteiger partial charge in [-0.25, -0.2) is 4.98 Å². The van der Waals surface area contributed by atoms with Crippen LogP contribution in [-0.4, -0.2) is 45.8 Å². The van der Waals surface area contributed by atoms with Crippen LogP contribution in [0.15, 0.2) is 24.3 Å². The molecule has 6 nitrogen and oxygen atoms in total. The van der Waals surface area contributed by atoms with E-state index < -0.39 is 0 Å². The van der Waals surface area contributed by atoms with Crippen molar-refractivity contribution < 1.29 is 0 Å². The Hall–Kier alpha value is -2.21. The zero-order valence-corrected chi connectivity index (χ0v) is 11.4. The van der Waals surface area contributed by atoms with Crippen LogP contribution in [0, 0.1) is 6.92 Å². The van der Waals surface area contributed by atoms with Crippen LogP contribution in [0.25, 0.3) is 16.7 Å². The van der Waals surface area contributed by atoms with Gasteiger partial charge in [-0.3, -0.25) is 4.40 Å². The Labute approximate surface area is 116 Å². The van der Waals surface area contributed by atoms with Crippen molar-refractivity contribution in [2.24, 2.45) is 0 Å². The average molecular weight is 268 g/mol. The summed E-state index contributed by atoms with van der Waals surface area (Å²) in [4.78, 5) is 7.10. The number of nitrogens with one attached hydrogen (secondary N) is 1. The molecule has 1 saturated heterocycles. The first kappa shape index (κ1) is 11.6. The lowest BCUT2D eigenvalue weighted by molar-refractivity contribution is 0.586. The summed E-state index contributed by atoms with van der Waals surface area (Å²) in [5.41, 5.74) is 2.89. The SMILES string of the molecule is Cc1nnc2c(N3CCNCC3)nc3ccccc3n12. The van der Waals surface area contributed by atoms with Crippen LogP contribution in [-0.2, 0) is 0 Å². The summed E-state index contributed by atoms with van der Waals surface area (Å²) in [6, 6.07) is 8.14. The standard InChI is InChI=1S/C14H16N6/c1-10-17-18-14-13(19-8-6-15-7-9-19)16-11-4-2-3-5-12(11)20(10)14/h2-5,15H,6-9H2,1H3. The van der Waals surface area contributed by atoms with E-state index in [1.54, 1.807) is 0 Å². The first-order chi connectivity index (χ1) is 9.84. The van der Waals surface area contributed by atoms with Crippen molar-refractivity contribution in [3.05, 3.63) is 30.1 Å². The fourth-order valence-corrected chi connectivity index (χ4v) is 2.80. The minimum absolute atomic E-state index is 0.850. The third kappa shape index (κ3) is 1.65. The highest BCUT2D eigenvalue weighted by Crippen LogP contribution is 2.24. The van der Waals surface area contributed by atoms with E-state index in [0.717, 1.165) is 54.5 Å². The minimum atomic E-state index is 0.850. The van der Waals surface area contributed by atoms with E-state index in [0.29, 0.717) is 0 Å². The van der Waals surface area contributed by atoms with Crippen LogP contribution in [0.3, 0.4) is 0 Å². The molecule has 0 bridgehead atoms. The number of para-hydroxylation sites is 2. The quantitative estimate of drug-likeness (QED) is 0.713. The summed E-state index contributed by atoms with van der Waals surface area (Å²) < 4.78 is 2.10. The van der Waals surface area contributed by atoms with E-state index in [9.17, 15) is 0 Å². The Morgan fingerprint density at radius 1 is 1.10 bits per heavy atom. The topological polar surface area (TPSA) is 58.4 Å². The molecule has 20 heavy (non-hydrogen) atoms. The van der Waals surface area contributed by atoms with Gasteiger partial charge in [-0.1, -0.05) is 12.1 Å². The molecule has 6 heteroatoms. The number of nitrogens with zero attached hydrogens (tertiary/aromatic N) is 5. The second-order valence-corrected chi connectivity index (χ2v) is 5.07. The maximum Gasteiger partial charge on any atom is 0.204 e. The Kier molecular flexibility index (Phi) is 2.56. The number of hydrogen-bond acceptors (Lipinski definition) is 5. The molecule has 0 spiro atoms. The molecule has 1 aromatic carbocycles. The van der Waals surface area contributed by atoms with Gasteiger partial charge < -0.3 is 10.2 Å². The Morgan fingerprint density at radius 2 is 1.90 bits per heavy atom. The van der Waals surface area contributed by atoms with E-state index in [-0.39, 0.29) is 0 Å². The molecule has 4 rings (SSSR count). The van der Waals surface area contributed by atoms with Crippen molar-refractivity contribution in [2.45, 2.75) is 6.92 Å². The smallest absolute Gasteiger partial charge is 0.204 e. The third-order valence-electron chi connectivity index (χ3n) is 3.79. The molecule has 0 saturated carbocycles. The maximum atomic E-state index is 4.82. The lowest BCUT2D eigenvalue weighted by Crippen LogP contribution is -2.44. The van der Waals surface area contributed by atoms with Gasteiger partial charge in [0.15, 0.2) is 5.82 Å². The molecule has 0 aliphatic carbocycles. The first-order valence-electron chi connectivity index (χ1n) is 6.91. The number of hydrogen-bond donors (Lipinski definition) is 1. The van der Waals surface area contributed by atoms with Gasteiger partial charge in [-0.2, -0.15) is 0 Å². The van der Waals surface area contributed by atoms with Gasteiger partial charge in [0, 0.05) is 26.2 Å². The summed E-state index contributed by atoms with van der Waals surface area (Å²) >= 11 is 0. The van der Waals surface area contributed by atoms with E-state index in [1.165, 1.54) is 0 Å². The van der Waals surface area contributed by atoms with Gasteiger partial charge in [-0.15, -0.1) is 10.2 Å². The van der Waals surface area contributed by atoms with Gasteiger partial charge in [0.05, 0.1) is 11.0 Å². The van der Waals surface area contributed by atoms with Crippen molar-refractivity contribution in [3.63, 3.8) is 0 Å². The van der Waals surface area contributed by atoms with E-state index in [4.69, 9.17) is 4.98 Å². The summed E-state index contributed by atoms with van der Waals surface area (Å²) in [5, 5.41) is 11.9. The number of aromatic nitrogens is 4. The van der Waals surface area contributed by atoms with E-state index in [1.807, 2.05) is 25.1 Å². The van der Waals surface area contributed by atoms with Crippen molar-refractivity contribution in [2.75, 3.05) is 31.1 Å². The van der Waals surface area contributed by atoms with Crippen molar-refractivity contribution in [1.82, 2.24) is 24.9 Å². The molecule has 1 N–H and O–H groups in total. The zero-order valence-electron chi connectivity index (χ0n) is 11.4. The molecule has 3 aromatic rings. The van der Waals surface area contributed by atoms with Crippen LogP contribution in [0.4, 0.5) is 5.82 Å². The highest BCUT2D eigenvalue weighted by Gasteiger charge is 2.19. The van der Waals surface area contributed by atoms with Gasteiger partial charge in [0.1, 0.15) is 5.82 Å². The molecular weight excluding hydrogens is 252 g/mol. The summed E-state index contributed by atoms with van der Waals surface area (Å²) in [6.07, 6.45) is 0. The van der Waals surface area contributed by atoms with E-state index in [2.05, 4.69) is 30.9 Å². The number of anilines is 1. The fourth-order valence-electron chi connectivity index (χ4n) is 2.80. The second kappa shape index (κ2) is 4.42. The number of rotatable bonds is 1. The van der Waals surface area contributed by atoms with Gasteiger partial charge >= 0.3 is 0 Å². The highest BCUT2D eigenvalue weighted by molar-refractivity contribution is 5.83. The van der Waals surface area contributed by atoms with Gasteiger partial charge in [-0.05, 0) is 19.1 Å². The largest absolute Gasteiger partial charge is 0.351 e. The zero-order chi connectivity index (χ0) is 13.5. The summed E-state index contributed by atoms with van der Waals surface area (Å²) in [5.74, 6) is 1.83. The Morgan fingerprint density at radius 3 is 2.75 bits per heavy atom. The molecule has 0 radical (unpaired) electrons. The molecule has 1 aliphatic rings. The monoisotopic (exact) mass is 268 g/mol. The second-order valence-electron chi connectivity index (χ2n) is 5.07. The van der Waals surface area contributed by atoms with Crippen LogP contribution in [0.2, 0.25) is 0 Å². The molecule has 0 atom stereocenters. The van der Waals surface area contributed by atoms with Gasteiger partial charge in [0.25, 0.3) is 0 Å². The lowest BCUT2D eigenvalue weighted by Gasteiger charge is -2.28.